The van der Waals surface area contributed by atoms with Gasteiger partial charge in [-0.1, -0.05) is 6.58 Å². The Morgan fingerprint density at radius 1 is 1.27 bits per heavy atom. The van der Waals surface area contributed by atoms with Gasteiger partial charge in [-0.05, 0) is 19.2 Å². The summed E-state index contributed by atoms with van der Waals surface area (Å²) in [4.78, 5) is 16.3. The average Bonchev–Trinajstić information content (AvgIpc) is 2.55. The van der Waals surface area contributed by atoms with E-state index in [2.05, 4.69) is 34.1 Å². The van der Waals surface area contributed by atoms with E-state index in [4.69, 9.17) is 4.74 Å². The van der Waals surface area contributed by atoms with Gasteiger partial charge in [0.1, 0.15) is 5.75 Å². The maximum atomic E-state index is 11.7. The molecule has 0 unspecified atom stereocenters. The summed E-state index contributed by atoms with van der Waals surface area (Å²) in [5.74, 6) is 0.538. The van der Waals surface area contributed by atoms with Crippen LogP contribution in [-0.4, -0.2) is 58.2 Å². The number of likely N-dealkylation sites (N-methyl/N-ethyl adjacent to an activating group) is 1. The first-order valence-corrected chi connectivity index (χ1v) is 7.35. The zero-order chi connectivity index (χ0) is 16.1. The highest BCUT2D eigenvalue weighted by Gasteiger charge is 2.20. The Hall–Kier alpha value is -2.21. The van der Waals surface area contributed by atoms with Crippen molar-refractivity contribution in [1.29, 1.82) is 0 Å². The summed E-state index contributed by atoms with van der Waals surface area (Å²) >= 11 is 0. The van der Waals surface area contributed by atoms with Crippen molar-refractivity contribution in [1.82, 2.24) is 4.90 Å². The van der Waals surface area contributed by atoms with Crippen LogP contribution in [0.15, 0.2) is 24.8 Å². The first-order chi connectivity index (χ1) is 10.6. The Labute approximate surface area is 131 Å². The normalized spacial score (nSPS) is 15.3. The van der Waals surface area contributed by atoms with Gasteiger partial charge in [0.05, 0.1) is 24.2 Å². The lowest BCUT2D eigenvalue weighted by atomic mass is 10.1. The molecule has 2 N–H and O–H groups in total. The summed E-state index contributed by atoms with van der Waals surface area (Å²) in [6, 6.07) is 3.86. The van der Waals surface area contributed by atoms with Crippen LogP contribution in [0.25, 0.3) is 0 Å². The molecule has 1 fully saturated rings. The quantitative estimate of drug-likeness (QED) is 0.810. The summed E-state index contributed by atoms with van der Waals surface area (Å²) < 4.78 is 5.44. The number of carbonyl (C=O) groups excluding carboxylic acids is 1. The monoisotopic (exact) mass is 304 g/mol. The largest absolute Gasteiger partial charge is 0.495 e. The fourth-order valence-corrected chi connectivity index (χ4v) is 2.53. The third-order valence-corrected chi connectivity index (χ3v) is 3.87. The van der Waals surface area contributed by atoms with Gasteiger partial charge in [-0.2, -0.15) is 0 Å². The molecule has 1 aromatic rings. The predicted molar refractivity (Wildman–Crippen MR) is 91.1 cm³/mol. The molecule has 1 aliphatic rings. The predicted octanol–water partition coefficient (Wildman–Crippen LogP) is 1.61. The lowest BCUT2D eigenvalue weighted by Crippen LogP contribution is -2.44. The van der Waals surface area contributed by atoms with Crippen LogP contribution in [0.3, 0.4) is 0 Å². The van der Waals surface area contributed by atoms with E-state index in [1.165, 1.54) is 6.08 Å². The minimum absolute atomic E-state index is 0.220. The van der Waals surface area contributed by atoms with Crippen LogP contribution in [0.4, 0.5) is 17.1 Å². The van der Waals surface area contributed by atoms with Crippen LogP contribution < -0.4 is 20.3 Å². The Kier molecular flexibility index (Phi) is 5.27. The number of amides is 1. The third kappa shape index (κ3) is 3.51. The molecule has 0 aromatic heterocycles. The molecule has 0 saturated carbocycles. The molecule has 22 heavy (non-hydrogen) atoms. The average molecular weight is 304 g/mol. The van der Waals surface area contributed by atoms with Crippen LogP contribution in [0.5, 0.6) is 5.75 Å². The molecule has 1 saturated heterocycles. The van der Waals surface area contributed by atoms with E-state index in [1.54, 1.807) is 7.11 Å². The van der Waals surface area contributed by atoms with Crippen molar-refractivity contribution in [3.8, 4) is 5.75 Å². The van der Waals surface area contributed by atoms with Gasteiger partial charge >= 0.3 is 0 Å². The van der Waals surface area contributed by atoms with E-state index in [0.717, 1.165) is 49.0 Å². The second-order valence-electron chi connectivity index (χ2n) is 5.30. The Morgan fingerprint density at radius 3 is 2.50 bits per heavy atom. The minimum atomic E-state index is -0.220. The number of hydrogen-bond acceptors (Lipinski definition) is 5. The lowest BCUT2D eigenvalue weighted by Gasteiger charge is -2.35. The van der Waals surface area contributed by atoms with Crippen LogP contribution in [0.2, 0.25) is 0 Å². The Bertz CT molecular complexity index is 551. The van der Waals surface area contributed by atoms with Gasteiger partial charge in [0.15, 0.2) is 0 Å². The van der Waals surface area contributed by atoms with Crippen molar-refractivity contribution in [2.45, 2.75) is 0 Å². The molecule has 0 radical (unpaired) electrons. The maximum Gasteiger partial charge on any atom is 0.247 e. The molecule has 1 amide bonds. The highest BCUT2D eigenvalue weighted by Crippen LogP contribution is 2.37. The molecule has 1 heterocycles. The SMILES string of the molecule is C=CC(=O)Nc1cc(NC)c(OC)cc1N1CCN(C)CC1. The van der Waals surface area contributed by atoms with E-state index in [0.29, 0.717) is 0 Å². The summed E-state index contributed by atoms with van der Waals surface area (Å²) in [6.07, 6.45) is 1.27. The van der Waals surface area contributed by atoms with Gasteiger partial charge in [0.2, 0.25) is 5.91 Å². The molecule has 0 bridgehead atoms. The number of nitrogens with one attached hydrogen (secondary N) is 2. The molecule has 6 nitrogen and oxygen atoms in total. The summed E-state index contributed by atoms with van der Waals surface area (Å²) in [5.41, 5.74) is 2.57. The third-order valence-electron chi connectivity index (χ3n) is 3.87. The second kappa shape index (κ2) is 7.17. The molecule has 6 heteroatoms. The number of hydrogen-bond donors (Lipinski definition) is 2. The second-order valence-corrected chi connectivity index (χ2v) is 5.30. The maximum absolute atomic E-state index is 11.7. The number of nitrogens with zero attached hydrogens (tertiary/aromatic N) is 2. The zero-order valence-corrected chi connectivity index (χ0v) is 13.5. The topological polar surface area (TPSA) is 56.8 Å². The number of benzene rings is 1. The highest BCUT2D eigenvalue weighted by molar-refractivity contribution is 6.02. The fraction of sp³-hybridized carbons (Fsp3) is 0.438. The van der Waals surface area contributed by atoms with Gasteiger partial charge in [0.25, 0.3) is 0 Å². The van der Waals surface area contributed by atoms with Gasteiger partial charge < -0.3 is 25.2 Å². The molecule has 1 aliphatic heterocycles. The van der Waals surface area contributed by atoms with E-state index in [-0.39, 0.29) is 5.91 Å². The number of ether oxygens (including phenoxy) is 1. The van der Waals surface area contributed by atoms with Crippen LogP contribution in [0, 0.1) is 0 Å². The van der Waals surface area contributed by atoms with E-state index in [1.807, 2.05) is 19.2 Å². The van der Waals surface area contributed by atoms with E-state index < -0.39 is 0 Å². The molecule has 2 rings (SSSR count). The Morgan fingerprint density at radius 2 is 1.95 bits per heavy atom. The molecule has 0 aliphatic carbocycles. The van der Waals surface area contributed by atoms with Crippen LogP contribution in [0.1, 0.15) is 0 Å². The number of methoxy groups -OCH3 is 1. The van der Waals surface area contributed by atoms with Crippen molar-refractivity contribution >= 4 is 23.0 Å². The first-order valence-electron chi connectivity index (χ1n) is 7.35. The van der Waals surface area contributed by atoms with Crippen molar-refractivity contribution in [3.63, 3.8) is 0 Å². The van der Waals surface area contributed by atoms with Crippen LogP contribution >= 0.6 is 0 Å². The van der Waals surface area contributed by atoms with Gasteiger partial charge in [-0.3, -0.25) is 4.79 Å². The zero-order valence-electron chi connectivity index (χ0n) is 13.5. The van der Waals surface area contributed by atoms with E-state index in [9.17, 15) is 4.79 Å². The number of rotatable bonds is 5. The molecule has 0 atom stereocenters. The number of anilines is 3. The summed E-state index contributed by atoms with van der Waals surface area (Å²) in [5, 5.41) is 5.97. The first kappa shape index (κ1) is 16.2. The molecule has 120 valence electrons. The molecule has 1 aromatic carbocycles. The lowest BCUT2D eigenvalue weighted by molar-refractivity contribution is -0.111. The summed E-state index contributed by atoms with van der Waals surface area (Å²) in [6.45, 7) is 7.32. The molecule has 0 spiro atoms. The number of carbonyl (C=O) groups is 1. The summed E-state index contributed by atoms with van der Waals surface area (Å²) in [7, 11) is 5.58. The molecular formula is C16H24N4O2. The smallest absolute Gasteiger partial charge is 0.247 e. The van der Waals surface area contributed by atoms with Crippen molar-refractivity contribution in [2.75, 3.05) is 62.9 Å². The van der Waals surface area contributed by atoms with E-state index >= 15 is 0 Å². The van der Waals surface area contributed by atoms with Gasteiger partial charge in [-0.25, -0.2) is 0 Å². The minimum Gasteiger partial charge on any atom is -0.495 e. The van der Waals surface area contributed by atoms with Crippen molar-refractivity contribution < 1.29 is 9.53 Å². The van der Waals surface area contributed by atoms with Gasteiger partial charge in [0, 0.05) is 39.3 Å². The van der Waals surface area contributed by atoms with Gasteiger partial charge in [-0.15, -0.1) is 0 Å². The fourth-order valence-electron chi connectivity index (χ4n) is 2.53. The number of piperazine rings is 1. The molecular weight excluding hydrogens is 280 g/mol. The standard InChI is InChI=1S/C16H24N4O2/c1-5-16(21)18-12-10-13(17-2)15(22-4)11-14(12)20-8-6-19(3)7-9-20/h5,10-11,17H,1,6-9H2,2-4H3,(H,18,21). The Balaban J connectivity index is 2.39. The van der Waals surface area contributed by atoms with Crippen molar-refractivity contribution in [3.05, 3.63) is 24.8 Å². The van der Waals surface area contributed by atoms with Crippen molar-refractivity contribution in [2.24, 2.45) is 0 Å². The highest BCUT2D eigenvalue weighted by atomic mass is 16.5. The van der Waals surface area contributed by atoms with Crippen LogP contribution in [-0.2, 0) is 4.79 Å².